The molecule has 5 rings (SSSR count). The van der Waals surface area contributed by atoms with Gasteiger partial charge in [-0.2, -0.15) is 5.10 Å². The number of urea groups is 1. The number of likely N-dealkylation sites (tertiary alicyclic amines) is 1. The maximum absolute atomic E-state index is 12.5. The van der Waals surface area contributed by atoms with Gasteiger partial charge in [0.2, 0.25) is 0 Å². The first-order valence-electron chi connectivity index (χ1n) is 10.0. The predicted octanol–water partition coefficient (Wildman–Crippen LogP) is 1.63. The molecule has 0 radical (unpaired) electrons. The molecule has 0 spiro atoms. The molecule has 3 aliphatic heterocycles. The highest BCUT2D eigenvalue weighted by atomic mass is 35.5. The summed E-state index contributed by atoms with van der Waals surface area (Å²) in [5, 5.41) is 30.2. The van der Waals surface area contributed by atoms with Crippen molar-refractivity contribution in [1.29, 1.82) is 0 Å². The Morgan fingerprint density at radius 3 is 2.76 bits per heavy atom. The van der Waals surface area contributed by atoms with E-state index in [-0.39, 0.29) is 31.7 Å². The monoisotopic (exact) mass is 420 g/mol. The van der Waals surface area contributed by atoms with Crippen LogP contribution in [0.25, 0.3) is 10.9 Å². The Kier molecular flexibility index (Phi) is 4.33. The Labute approximate surface area is 173 Å². The van der Waals surface area contributed by atoms with Crippen molar-refractivity contribution < 1.29 is 19.7 Å². The molecule has 1 unspecified atom stereocenters. The van der Waals surface area contributed by atoms with Gasteiger partial charge >= 0.3 is 6.03 Å². The lowest BCUT2D eigenvalue weighted by Crippen LogP contribution is -2.59. The number of hydrogen-bond acceptors (Lipinski definition) is 5. The molecule has 2 fully saturated rings. The van der Waals surface area contributed by atoms with Crippen LogP contribution in [0.15, 0.2) is 18.3 Å². The van der Waals surface area contributed by atoms with E-state index in [1.165, 1.54) is 0 Å². The Morgan fingerprint density at radius 1 is 1.38 bits per heavy atom. The molecule has 1 aromatic heterocycles. The molecule has 4 heterocycles. The summed E-state index contributed by atoms with van der Waals surface area (Å²) in [6, 6.07) is 3.53. The normalized spacial score (nSPS) is 28.6. The topological polar surface area (TPSA) is 99.9 Å². The third kappa shape index (κ3) is 2.84. The van der Waals surface area contributed by atoms with Gasteiger partial charge in [-0.05, 0) is 37.8 Å². The molecule has 0 aliphatic carbocycles. The zero-order valence-electron chi connectivity index (χ0n) is 16.3. The van der Waals surface area contributed by atoms with Crippen molar-refractivity contribution in [1.82, 2.24) is 20.0 Å². The largest absolute Gasteiger partial charge is 0.386 e. The van der Waals surface area contributed by atoms with Gasteiger partial charge in [0.1, 0.15) is 11.7 Å². The average molecular weight is 421 g/mol. The van der Waals surface area contributed by atoms with Gasteiger partial charge in [0.15, 0.2) is 0 Å². The molecule has 9 heteroatoms. The first-order valence-corrected chi connectivity index (χ1v) is 10.4. The minimum absolute atomic E-state index is 0.167. The summed E-state index contributed by atoms with van der Waals surface area (Å²) in [7, 11) is 0. The highest BCUT2D eigenvalue weighted by molar-refractivity contribution is 6.31. The summed E-state index contributed by atoms with van der Waals surface area (Å²) in [5.74, 6) is 0.167. The molecule has 2 atom stereocenters. The van der Waals surface area contributed by atoms with Crippen LogP contribution in [0, 0.1) is 5.92 Å². The smallest absolute Gasteiger partial charge is 0.317 e. The van der Waals surface area contributed by atoms with E-state index in [0.29, 0.717) is 18.1 Å². The maximum Gasteiger partial charge on any atom is 0.317 e. The molecule has 0 bridgehead atoms. The van der Waals surface area contributed by atoms with Crippen LogP contribution in [0.3, 0.4) is 0 Å². The third-order valence-electron chi connectivity index (χ3n) is 6.88. The van der Waals surface area contributed by atoms with Gasteiger partial charge in [-0.3, -0.25) is 4.68 Å². The number of carbonyl (C=O) groups is 1. The molecule has 1 aromatic carbocycles. The number of piperidine rings is 1. The summed E-state index contributed by atoms with van der Waals surface area (Å²) in [5.41, 5.74) is 0.258. The zero-order valence-corrected chi connectivity index (χ0v) is 17.0. The van der Waals surface area contributed by atoms with Crippen molar-refractivity contribution in [3.8, 4) is 0 Å². The van der Waals surface area contributed by atoms with Crippen molar-refractivity contribution in [2.24, 2.45) is 5.92 Å². The standard InChI is InChI=1S/C20H25ClN4O4/c1-19(17(26)15-7-14(21)6-12-8-23-25(19)16(12)15)13-2-4-24(5-3-13)18(27)22-9-20(28)10-29-11-20/h6-8,13,17,26,28H,2-5,9-11H2,1H3,(H,22,27)/t17-,19?/m1/s1. The van der Waals surface area contributed by atoms with E-state index in [1.54, 1.807) is 11.1 Å². The molecule has 156 valence electrons. The number of amides is 2. The van der Waals surface area contributed by atoms with Gasteiger partial charge in [0.25, 0.3) is 0 Å². The van der Waals surface area contributed by atoms with E-state index in [2.05, 4.69) is 10.4 Å². The highest BCUT2D eigenvalue weighted by Crippen LogP contribution is 2.51. The minimum Gasteiger partial charge on any atom is -0.386 e. The van der Waals surface area contributed by atoms with Gasteiger partial charge in [-0.1, -0.05) is 11.6 Å². The van der Waals surface area contributed by atoms with Crippen LogP contribution in [0.2, 0.25) is 5.02 Å². The molecule has 3 N–H and O–H groups in total. The molecular weight excluding hydrogens is 396 g/mol. The SMILES string of the molecule is CC1(C2CCN(C(=O)NCC3(O)COC3)CC2)[C@H](O)c2cc(Cl)cc3cnn1c23. The average Bonchev–Trinajstić information content (AvgIpc) is 3.21. The quantitative estimate of drug-likeness (QED) is 0.700. The molecule has 8 nitrogen and oxygen atoms in total. The van der Waals surface area contributed by atoms with Crippen molar-refractivity contribution >= 4 is 28.5 Å². The van der Waals surface area contributed by atoms with Gasteiger partial charge in [-0.25, -0.2) is 4.79 Å². The van der Waals surface area contributed by atoms with Crippen LogP contribution < -0.4 is 5.32 Å². The van der Waals surface area contributed by atoms with Gasteiger partial charge < -0.3 is 25.2 Å². The zero-order chi connectivity index (χ0) is 20.4. The first-order chi connectivity index (χ1) is 13.8. The summed E-state index contributed by atoms with van der Waals surface area (Å²) >= 11 is 6.23. The molecule has 3 aliphatic rings. The number of rotatable bonds is 3. The molecule has 2 saturated heterocycles. The minimum atomic E-state index is -0.937. The number of nitrogens with one attached hydrogen (secondary N) is 1. The van der Waals surface area contributed by atoms with Crippen LogP contribution >= 0.6 is 11.6 Å². The van der Waals surface area contributed by atoms with E-state index in [0.717, 1.165) is 29.3 Å². The van der Waals surface area contributed by atoms with Crippen LogP contribution in [-0.4, -0.2) is 69.4 Å². The van der Waals surface area contributed by atoms with Gasteiger partial charge in [-0.15, -0.1) is 0 Å². The number of aliphatic hydroxyl groups is 2. The molecule has 29 heavy (non-hydrogen) atoms. The lowest BCUT2D eigenvalue weighted by atomic mass is 9.75. The van der Waals surface area contributed by atoms with E-state index in [9.17, 15) is 15.0 Å². The Bertz CT molecular complexity index is 967. The number of aliphatic hydroxyl groups excluding tert-OH is 1. The second kappa shape index (κ2) is 6.57. The Morgan fingerprint density at radius 2 is 2.10 bits per heavy atom. The Hall–Kier alpha value is -1.87. The summed E-state index contributed by atoms with van der Waals surface area (Å²) in [4.78, 5) is 14.2. The van der Waals surface area contributed by atoms with E-state index in [1.807, 2.05) is 23.7 Å². The predicted molar refractivity (Wildman–Crippen MR) is 107 cm³/mol. The van der Waals surface area contributed by atoms with Crippen molar-refractivity contribution in [2.45, 2.75) is 37.0 Å². The second-order valence-electron chi connectivity index (χ2n) is 8.75. The Balaban J connectivity index is 1.29. The van der Waals surface area contributed by atoms with Gasteiger partial charge in [0, 0.05) is 29.1 Å². The fourth-order valence-corrected chi connectivity index (χ4v) is 5.26. The number of aromatic nitrogens is 2. The lowest BCUT2D eigenvalue weighted by Gasteiger charge is -2.43. The van der Waals surface area contributed by atoms with E-state index < -0.39 is 17.2 Å². The van der Waals surface area contributed by atoms with Crippen LogP contribution in [0.5, 0.6) is 0 Å². The van der Waals surface area contributed by atoms with Crippen molar-refractivity contribution in [2.75, 3.05) is 32.8 Å². The van der Waals surface area contributed by atoms with Crippen molar-refractivity contribution in [3.05, 3.63) is 28.9 Å². The maximum atomic E-state index is 12.5. The number of halogens is 1. The second-order valence-corrected chi connectivity index (χ2v) is 9.19. The number of carbonyl (C=O) groups excluding carboxylic acids is 1. The highest BCUT2D eigenvalue weighted by Gasteiger charge is 2.50. The molecule has 2 amide bonds. The van der Waals surface area contributed by atoms with E-state index in [4.69, 9.17) is 16.3 Å². The van der Waals surface area contributed by atoms with Crippen LogP contribution in [0.1, 0.15) is 31.4 Å². The number of ether oxygens (including phenoxy) is 1. The molecule has 0 saturated carbocycles. The van der Waals surface area contributed by atoms with Crippen LogP contribution in [-0.2, 0) is 10.3 Å². The molecule has 2 aromatic rings. The summed E-state index contributed by atoms with van der Waals surface area (Å²) in [6.07, 6.45) is 2.63. The number of benzene rings is 1. The first kappa shape index (κ1) is 19.1. The summed E-state index contributed by atoms with van der Waals surface area (Å²) in [6.45, 7) is 3.95. The number of nitrogens with zero attached hydrogens (tertiary/aromatic N) is 3. The van der Waals surface area contributed by atoms with Crippen LogP contribution in [0.4, 0.5) is 4.79 Å². The van der Waals surface area contributed by atoms with E-state index >= 15 is 0 Å². The fourth-order valence-electron chi connectivity index (χ4n) is 5.02. The summed E-state index contributed by atoms with van der Waals surface area (Å²) < 4.78 is 6.95. The van der Waals surface area contributed by atoms with Gasteiger partial charge in [0.05, 0.1) is 37.0 Å². The molecular formula is C20H25ClN4O4. The number of hydrogen-bond donors (Lipinski definition) is 3. The lowest BCUT2D eigenvalue weighted by molar-refractivity contribution is -0.173. The third-order valence-corrected chi connectivity index (χ3v) is 7.10. The van der Waals surface area contributed by atoms with Crippen molar-refractivity contribution in [3.63, 3.8) is 0 Å². The fraction of sp³-hybridized carbons (Fsp3) is 0.600.